The van der Waals surface area contributed by atoms with Gasteiger partial charge in [-0.05, 0) is 35.4 Å². The first-order valence-corrected chi connectivity index (χ1v) is 8.85. The number of halogens is 1. The molecule has 3 aromatic rings. The van der Waals surface area contributed by atoms with Crippen LogP contribution >= 0.6 is 0 Å². The largest absolute Gasteiger partial charge is 0.345 e. The summed E-state index contributed by atoms with van der Waals surface area (Å²) < 4.78 is 13.3. The number of hydrogen-bond donors (Lipinski definition) is 2. The van der Waals surface area contributed by atoms with Crippen LogP contribution in [0.25, 0.3) is 10.8 Å². The number of benzene rings is 3. The highest BCUT2D eigenvalue weighted by molar-refractivity contribution is 5.87. The summed E-state index contributed by atoms with van der Waals surface area (Å²) in [5.41, 5.74) is 2.00. The minimum atomic E-state index is -0.246. The fourth-order valence-electron chi connectivity index (χ4n) is 3.33. The van der Waals surface area contributed by atoms with Gasteiger partial charge in [-0.3, -0.25) is 4.79 Å². The van der Waals surface area contributed by atoms with E-state index < -0.39 is 0 Å². The standard InChI is InChI=1S/C22H23FN2O/c1-16(20-12-6-9-18-8-3-4-11-21(18)20)24-22(26)15-25(2)14-17-7-5-10-19(23)13-17/h3-13,16H,14-15H2,1-2H3,(H,24,26)/p+1/t16-/m0/s1. The number of rotatable bonds is 6. The molecule has 1 unspecified atom stereocenters. The van der Waals surface area contributed by atoms with Crippen LogP contribution in [-0.4, -0.2) is 19.5 Å². The summed E-state index contributed by atoms with van der Waals surface area (Å²) in [4.78, 5) is 13.4. The van der Waals surface area contributed by atoms with E-state index in [4.69, 9.17) is 0 Å². The van der Waals surface area contributed by atoms with Crippen molar-refractivity contribution in [3.05, 3.63) is 83.7 Å². The Morgan fingerprint density at radius 2 is 1.81 bits per heavy atom. The highest BCUT2D eigenvalue weighted by Crippen LogP contribution is 2.23. The summed E-state index contributed by atoms with van der Waals surface area (Å²) in [6.07, 6.45) is 0. The number of nitrogens with one attached hydrogen (secondary N) is 2. The van der Waals surface area contributed by atoms with E-state index in [1.54, 1.807) is 6.07 Å². The van der Waals surface area contributed by atoms with E-state index in [1.165, 1.54) is 17.5 Å². The highest BCUT2D eigenvalue weighted by atomic mass is 19.1. The molecule has 26 heavy (non-hydrogen) atoms. The maximum Gasteiger partial charge on any atom is 0.275 e. The van der Waals surface area contributed by atoms with Crippen LogP contribution in [0.1, 0.15) is 24.1 Å². The van der Waals surface area contributed by atoms with Crippen LogP contribution in [0.3, 0.4) is 0 Å². The molecule has 2 atom stereocenters. The van der Waals surface area contributed by atoms with Crippen LogP contribution in [0.2, 0.25) is 0 Å². The lowest BCUT2D eigenvalue weighted by Gasteiger charge is -2.19. The summed E-state index contributed by atoms with van der Waals surface area (Å²) >= 11 is 0. The molecule has 0 aromatic heterocycles. The highest BCUT2D eigenvalue weighted by Gasteiger charge is 2.15. The molecule has 0 aliphatic rings. The molecule has 1 amide bonds. The van der Waals surface area contributed by atoms with Crippen molar-refractivity contribution in [2.24, 2.45) is 0 Å². The van der Waals surface area contributed by atoms with Crippen LogP contribution in [0.5, 0.6) is 0 Å². The molecule has 0 fully saturated rings. The number of fused-ring (bicyclic) bond motifs is 1. The third kappa shape index (κ3) is 4.46. The Hall–Kier alpha value is -2.72. The number of hydrogen-bond acceptors (Lipinski definition) is 1. The van der Waals surface area contributed by atoms with Gasteiger partial charge in [0.25, 0.3) is 5.91 Å². The molecule has 0 radical (unpaired) electrons. The molecule has 0 aliphatic heterocycles. The lowest BCUT2D eigenvalue weighted by Crippen LogP contribution is -3.08. The number of carbonyl (C=O) groups is 1. The Labute approximate surface area is 153 Å². The van der Waals surface area contributed by atoms with Gasteiger partial charge in [0.2, 0.25) is 0 Å². The summed E-state index contributed by atoms with van der Waals surface area (Å²) in [5.74, 6) is -0.260. The Morgan fingerprint density at radius 3 is 2.62 bits per heavy atom. The fourth-order valence-corrected chi connectivity index (χ4v) is 3.33. The monoisotopic (exact) mass is 351 g/mol. The van der Waals surface area contributed by atoms with E-state index in [2.05, 4.69) is 29.6 Å². The third-order valence-corrected chi connectivity index (χ3v) is 4.52. The van der Waals surface area contributed by atoms with Crippen molar-refractivity contribution in [2.45, 2.75) is 19.5 Å². The number of likely N-dealkylation sites (N-methyl/N-ethyl adjacent to an activating group) is 1. The molecule has 0 saturated heterocycles. The van der Waals surface area contributed by atoms with Crippen LogP contribution in [0.4, 0.5) is 4.39 Å². The van der Waals surface area contributed by atoms with Gasteiger partial charge < -0.3 is 10.2 Å². The molecule has 0 saturated carbocycles. The minimum absolute atomic E-state index is 0.0145. The molecule has 4 heteroatoms. The zero-order valence-corrected chi connectivity index (χ0v) is 15.1. The normalized spacial score (nSPS) is 13.3. The minimum Gasteiger partial charge on any atom is -0.345 e. The second-order valence-corrected chi connectivity index (χ2v) is 6.80. The molecule has 3 nitrogen and oxygen atoms in total. The average Bonchev–Trinajstić information content (AvgIpc) is 2.60. The zero-order chi connectivity index (χ0) is 18.5. The second-order valence-electron chi connectivity index (χ2n) is 6.80. The van der Waals surface area contributed by atoms with Crippen molar-refractivity contribution in [3.63, 3.8) is 0 Å². The first-order valence-electron chi connectivity index (χ1n) is 8.85. The van der Waals surface area contributed by atoms with Gasteiger partial charge in [0.05, 0.1) is 13.1 Å². The zero-order valence-electron chi connectivity index (χ0n) is 15.1. The van der Waals surface area contributed by atoms with Crippen LogP contribution in [0, 0.1) is 5.82 Å². The maximum absolute atomic E-state index is 13.3. The molecular formula is C22H24FN2O+. The quantitative estimate of drug-likeness (QED) is 0.703. The van der Waals surface area contributed by atoms with Gasteiger partial charge in [-0.15, -0.1) is 0 Å². The fraction of sp³-hybridized carbons (Fsp3) is 0.227. The van der Waals surface area contributed by atoms with Crippen molar-refractivity contribution < 1.29 is 14.1 Å². The van der Waals surface area contributed by atoms with E-state index in [0.29, 0.717) is 13.1 Å². The first-order chi connectivity index (χ1) is 12.5. The molecule has 2 N–H and O–H groups in total. The topological polar surface area (TPSA) is 33.5 Å². The Balaban J connectivity index is 1.62. The van der Waals surface area contributed by atoms with E-state index in [1.807, 2.05) is 38.2 Å². The molecule has 134 valence electrons. The maximum atomic E-state index is 13.3. The van der Waals surface area contributed by atoms with Crippen LogP contribution in [-0.2, 0) is 11.3 Å². The van der Waals surface area contributed by atoms with E-state index in [9.17, 15) is 9.18 Å². The third-order valence-electron chi connectivity index (χ3n) is 4.52. The summed E-state index contributed by atoms with van der Waals surface area (Å²) in [5, 5.41) is 5.40. The molecule has 0 spiro atoms. The molecule has 0 heterocycles. The van der Waals surface area contributed by atoms with Gasteiger partial charge in [-0.2, -0.15) is 0 Å². The van der Waals surface area contributed by atoms with Crippen LogP contribution in [0.15, 0.2) is 66.7 Å². The van der Waals surface area contributed by atoms with Gasteiger partial charge >= 0.3 is 0 Å². The number of carbonyl (C=O) groups excluding carboxylic acids is 1. The van der Waals surface area contributed by atoms with Crippen LogP contribution < -0.4 is 10.2 Å². The Morgan fingerprint density at radius 1 is 1.08 bits per heavy atom. The average molecular weight is 351 g/mol. The Kier molecular flexibility index (Phi) is 5.64. The van der Waals surface area contributed by atoms with Gasteiger partial charge in [-0.1, -0.05) is 54.6 Å². The molecule has 0 bridgehead atoms. The van der Waals surface area contributed by atoms with Crippen molar-refractivity contribution in [1.82, 2.24) is 5.32 Å². The first kappa shape index (κ1) is 18.1. The lowest BCUT2D eigenvalue weighted by molar-refractivity contribution is -0.885. The molecule has 3 aromatic carbocycles. The van der Waals surface area contributed by atoms with Crippen molar-refractivity contribution >= 4 is 16.7 Å². The predicted octanol–water partition coefficient (Wildman–Crippen LogP) is 2.87. The summed E-state index contributed by atoms with van der Waals surface area (Å²) in [7, 11) is 1.94. The predicted molar refractivity (Wildman–Crippen MR) is 102 cm³/mol. The number of quaternary nitrogens is 1. The van der Waals surface area contributed by atoms with Gasteiger partial charge in [0.15, 0.2) is 6.54 Å². The van der Waals surface area contributed by atoms with Crippen molar-refractivity contribution in [1.29, 1.82) is 0 Å². The summed E-state index contributed by atoms with van der Waals surface area (Å²) in [6.45, 7) is 2.95. The second kappa shape index (κ2) is 8.11. The summed E-state index contributed by atoms with van der Waals surface area (Å²) in [6, 6.07) is 20.8. The van der Waals surface area contributed by atoms with E-state index >= 15 is 0 Å². The van der Waals surface area contributed by atoms with E-state index in [-0.39, 0.29) is 17.8 Å². The Bertz CT molecular complexity index is 904. The smallest absolute Gasteiger partial charge is 0.275 e. The lowest BCUT2D eigenvalue weighted by atomic mass is 10.00. The molecular weight excluding hydrogens is 327 g/mol. The molecule has 3 rings (SSSR count). The van der Waals surface area contributed by atoms with Crippen molar-refractivity contribution in [2.75, 3.05) is 13.6 Å². The molecule has 0 aliphatic carbocycles. The number of amides is 1. The van der Waals surface area contributed by atoms with E-state index in [0.717, 1.165) is 21.4 Å². The van der Waals surface area contributed by atoms with Gasteiger partial charge in [0.1, 0.15) is 12.4 Å². The van der Waals surface area contributed by atoms with Gasteiger partial charge in [0, 0.05) is 5.56 Å². The van der Waals surface area contributed by atoms with Crippen molar-refractivity contribution in [3.8, 4) is 0 Å². The SMILES string of the molecule is C[C@H](NC(=O)C[NH+](C)Cc1cccc(F)c1)c1cccc2ccccc12. The van der Waals surface area contributed by atoms with Gasteiger partial charge in [-0.25, -0.2) is 4.39 Å².